The second-order valence-electron chi connectivity index (χ2n) is 8.24. The van der Waals surface area contributed by atoms with E-state index in [-0.39, 0.29) is 11.7 Å². The standard InChI is InChI=1S/C20H32N4O2/c1-14-17(15(2)23-22-14)13-24-11-9-20(25-3)8-7-16(12-18(20)24)26-19-6-4-5-10-21-19/h4-6,10,14-18,22-23H,7-9,11-13H2,1-3H3/t14?,15?,16-,17?,18+,20-/m1/s1. The van der Waals surface area contributed by atoms with Crippen LogP contribution in [0.3, 0.4) is 0 Å². The normalized spacial score (nSPS) is 40.5. The lowest BCUT2D eigenvalue weighted by molar-refractivity contribution is -0.0848. The highest BCUT2D eigenvalue weighted by molar-refractivity contribution is 5.12. The van der Waals surface area contributed by atoms with Crippen LogP contribution in [-0.4, -0.2) is 59.9 Å². The summed E-state index contributed by atoms with van der Waals surface area (Å²) >= 11 is 0. The second kappa shape index (κ2) is 7.43. The number of nitrogens with zero attached hydrogens (tertiary/aromatic N) is 2. The Hall–Kier alpha value is -1.21. The van der Waals surface area contributed by atoms with Gasteiger partial charge in [0.05, 0.1) is 5.60 Å². The van der Waals surface area contributed by atoms with Crippen LogP contribution in [0.5, 0.6) is 5.88 Å². The maximum Gasteiger partial charge on any atom is 0.213 e. The van der Waals surface area contributed by atoms with Gasteiger partial charge in [-0.1, -0.05) is 6.07 Å². The first-order chi connectivity index (χ1) is 12.6. The van der Waals surface area contributed by atoms with E-state index in [4.69, 9.17) is 9.47 Å². The smallest absolute Gasteiger partial charge is 0.213 e. The van der Waals surface area contributed by atoms with Crippen molar-refractivity contribution in [3.05, 3.63) is 24.4 Å². The van der Waals surface area contributed by atoms with Crippen LogP contribution in [0.2, 0.25) is 0 Å². The molecule has 0 spiro atoms. The summed E-state index contributed by atoms with van der Waals surface area (Å²) in [5.74, 6) is 1.35. The van der Waals surface area contributed by atoms with E-state index in [1.165, 1.54) is 0 Å². The SMILES string of the molecule is CO[C@@]12CC[C@@H](Oc3ccccn3)C[C@@H]1N(CC1C(C)NNC1C)CC2. The molecule has 0 amide bonds. The van der Waals surface area contributed by atoms with Crippen molar-refractivity contribution in [3.63, 3.8) is 0 Å². The monoisotopic (exact) mass is 360 g/mol. The number of ether oxygens (including phenoxy) is 2. The van der Waals surface area contributed by atoms with Gasteiger partial charge >= 0.3 is 0 Å². The van der Waals surface area contributed by atoms with Crippen molar-refractivity contribution in [2.24, 2.45) is 5.92 Å². The number of rotatable bonds is 5. The topological polar surface area (TPSA) is 58.7 Å². The van der Waals surface area contributed by atoms with Crippen molar-refractivity contribution in [1.82, 2.24) is 20.7 Å². The number of fused-ring (bicyclic) bond motifs is 1. The fraction of sp³-hybridized carbons (Fsp3) is 0.750. The van der Waals surface area contributed by atoms with E-state index in [0.29, 0.717) is 24.0 Å². The van der Waals surface area contributed by atoms with Gasteiger partial charge in [-0.25, -0.2) is 4.98 Å². The maximum absolute atomic E-state index is 6.20. The van der Waals surface area contributed by atoms with Gasteiger partial charge in [0.15, 0.2) is 0 Å². The molecule has 2 N–H and O–H groups in total. The highest BCUT2D eigenvalue weighted by Crippen LogP contribution is 2.43. The van der Waals surface area contributed by atoms with Gasteiger partial charge in [-0.2, -0.15) is 0 Å². The number of hydrazine groups is 1. The van der Waals surface area contributed by atoms with Crippen LogP contribution < -0.4 is 15.6 Å². The van der Waals surface area contributed by atoms with Gasteiger partial charge in [0.25, 0.3) is 0 Å². The molecular weight excluding hydrogens is 328 g/mol. The van der Waals surface area contributed by atoms with Crippen molar-refractivity contribution in [3.8, 4) is 5.88 Å². The third kappa shape index (κ3) is 3.36. The Bertz CT molecular complexity index is 591. The van der Waals surface area contributed by atoms with Gasteiger partial charge in [-0.05, 0) is 39.2 Å². The first kappa shape index (κ1) is 18.2. The number of hydrogen-bond donors (Lipinski definition) is 2. The number of nitrogens with one attached hydrogen (secondary N) is 2. The van der Waals surface area contributed by atoms with E-state index >= 15 is 0 Å². The zero-order valence-electron chi connectivity index (χ0n) is 16.1. The molecule has 1 aliphatic carbocycles. The number of methoxy groups -OCH3 is 1. The third-order valence-corrected chi connectivity index (χ3v) is 6.85. The van der Waals surface area contributed by atoms with Crippen molar-refractivity contribution in [1.29, 1.82) is 0 Å². The number of likely N-dealkylation sites (tertiary alicyclic amines) is 1. The molecule has 3 fully saturated rings. The maximum atomic E-state index is 6.20. The molecule has 0 radical (unpaired) electrons. The van der Waals surface area contributed by atoms with Crippen LogP contribution in [0, 0.1) is 5.92 Å². The van der Waals surface area contributed by atoms with Crippen LogP contribution in [0.1, 0.15) is 39.5 Å². The molecule has 1 aromatic rings. The highest BCUT2D eigenvalue weighted by atomic mass is 16.5. The van der Waals surface area contributed by atoms with E-state index in [0.717, 1.165) is 44.7 Å². The van der Waals surface area contributed by atoms with Gasteiger partial charge in [0.2, 0.25) is 5.88 Å². The minimum absolute atomic E-state index is 0.00405. The molecule has 4 rings (SSSR count). The molecule has 26 heavy (non-hydrogen) atoms. The molecule has 6 nitrogen and oxygen atoms in total. The van der Waals surface area contributed by atoms with Gasteiger partial charge < -0.3 is 9.47 Å². The van der Waals surface area contributed by atoms with Crippen molar-refractivity contribution < 1.29 is 9.47 Å². The third-order valence-electron chi connectivity index (χ3n) is 6.85. The lowest BCUT2D eigenvalue weighted by Gasteiger charge is -2.44. The molecular formula is C20H32N4O2. The molecule has 0 bridgehead atoms. The Labute approximate surface area is 156 Å². The average molecular weight is 361 g/mol. The predicted octanol–water partition coefficient (Wildman–Crippen LogP) is 1.97. The van der Waals surface area contributed by atoms with Crippen LogP contribution in [0.15, 0.2) is 24.4 Å². The molecule has 144 valence electrons. The number of pyridine rings is 1. The molecule has 3 heterocycles. The number of aromatic nitrogens is 1. The summed E-state index contributed by atoms with van der Waals surface area (Å²) < 4.78 is 12.3. The Balaban J connectivity index is 1.46. The molecule has 5 atom stereocenters. The van der Waals surface area contributed by atoms with Gasteiger partial charge in [-0.15, -0.1) is 0 Å². The summed E-state index contributed by atoms with van der Waals surface area (Å²) in [6.45, 7) is 6.77. The lowest BCUT2D eigenvalue weighted by atomic mass is 9.78. The van der Waals surface area contributed by atoms with Gasteiger partial charge in [-0.3, -0.25) is 15.8 Å². The molecule has 2 unspecified atom stereocenters. The summed E-state index contributed by atoms with van der Waals surface area (Å²) in [5, 5.41) is 0. The Morgan fingerprint density at radius 1 is 1.23 bits per heavy atom. The van der Waals surface area contributed by atoms with Crippen molar-refractivity contribution in [2.45, 2.75) is 69.4 Å². The molecule has 6 heteroatoms. The quantitative estimate of drug-likeness (QED) is 0.837. The summed E-state index contributed by atoms with van der Waals surface area (Å²) in [6, 6.07) is 7.27. The molecule has 0 aromatic carbocycles. The minimum atomic E-state index is -0.00405. The Morgan fingerprint density at radius 2 is 2.04 bits per heavy atom. The number of hydrogen-bond acceptors (Lipinski definition) is 6. The fourth-order valence-corrected chi connectivity index (χ4v) is 5.17. The summed E-state index contributed by atoms with van der Waals surface area (Å²) in [7, 11) is 1.89. The Morgan fingerprint density at radius 3 is 2.73 bits per heavy atom. The van der Waals surface area contributed by atoms with E-state index in [1.54, 1.807) is 6.20 Å². The van der Waals surface area contributed by atoms with Gasteiger partial charge in [0, 0.05) is 62.9 Å². The summed E-state index contributed by atoms with van der Waals surface area (Å²) in [4.78, 5) is 6.99. The Kier molecular flexibility index (Phi) is 5.19. The zero-order valence-corrected chi connectivity index (χ0v) is 16.1. The summed E-state index contributed by atoms with van der Waals surface area (Å²) in [5.41, 5.74) is 6.77. The van der Waals surface area contributed by atoms with Crippen LogP contribution >= 0.6 is 0 Å². The van der Waals surface area contributed by atoms with E-state index in [9.17, 15) is 0 Å². The molecule has 1 saturated carbocycles. The predicted molar refractivity (Wildman–Crippen MR) is 101 cm³/mol. The summed E-state index contributed by atoms with van der Waals surface area (Å²) in [6.07, 6.45) is 6.25. The van der Waals surface area contributed by atoms with Crippen molar-refractivity contribution in [2.75, 3.05) is 20.2 Å². The average Bonchev–Trinajstić information content (AvgIpc) is 3.18. The van der Waals surface area contributed by atoms with Gasteiger partial charge in [0.1, 0.15) is 6.10 Å². The largest absolute Gasteiger partial charge is 0.474 e. The first-order valence-electron chi connectivity index (χ1n) is 9.99. The van der Waals surface area contributed by atoms with E-state index < -0.39 is 0 Å². The highest BCUT2D eigenvalue weighted by Gasteiger charge is 2.52. The molecule has 3 aliphatic rings. The minimum Gasteiger partial charge on any atom is -0.474 e. The van der Waals surface area contributed by atoms with Crippen LogP contribution in [0.25, 0.3) is 0 Å². The van der Waals surface area contributed by atoms with E-state index in [2.05, 4.69) is 34.6 Å². The zero-order chi connectivity index (χ0) is 18.1. The second-order valence-corrected chi connectivity index (χ2v) is 8.24. The molecule has 2 saturated heterocycles. The molecule has 2 aliphatic heterocycles. The van der Waals surface area contributed by atoms with E-state index in [1.807, 2.05) is 25.3 Å². The van der Waals surface area contributed by atoms with Crippen LogP contribution in [-0.2, 0) is 4.74 Å². The fourth-order valence-electron chi connectivity index (χ4n) is 5.17. The van der Waals surface area contributed by atoms with Crippen LogP contribution in [0.4, 0.5) is 0 Å². The lowest BCUT2D eigenvalue weighted by Crippen LogP contribution is -2.53. The molecule has 1 aromatic heterocycles. The first-order valence-corrected chi connectivity index (χ1v) is 9.99. The van der Waals surface area contributed by atoms with Crippen molar-refractivity contribution >= 4 is 0 Å².